The standard InChI is InChI=1S/C15H21N3O2/c1-4-9-15(3,16)14-17-13(18-20-14)11-7-6-8-12(10-11)19-5-2/h6-8,10H,4-5,9,16H2,1-3H3. The summed E-state index contributed by atoms with van der Waals surface area (Å²) < 4.78 is 10.8. The number of nitrogens with zero attached hydrogens (tertiary/aromatic N) is 2. The quantitative estimate of drug-likeness (QED) is 0.876. The summed E-state index contributed by atoms with van der Waals surface area (Å²) in [5, 5.41) is 4.01. The second-order valence-electron chi connectivity index (χ2n) is 5.05. The third kappa shape index (κ3) is 3.17. The molecule has 0 saturated carbocycles. The number of hydrogen-bond donors (Lipinski definition) is 1. The van der Waals surface area contributed by atoms with E-state index in [1.54, 1.807) is 0 Å². The summed E-state index contributed by atoms with van der Waals surface area (Å²) in [5.41, 5.74) is 6.47. The lowest BCUT2D eigenvalue weighted by atomic mass is 9.98. The number of benzene rings is 1. The maximum absolute atomic E-state index is 6.20. The minimum atomic E-state index is -0.586. The van der Waals surface area contributed by atoms with Gasteiger partial charge in [-0.05, 0) is 32.4 Å². The van der Waals surface area contributed by atoms with Gasteiger partial charge in [-0.1, -0.05) is 30.6 Å². The molecule has 0 aliphatic rings. The first-order valence-electron chi connectivity index (χ1n) is 6.93. The van der Waals surface area contributed by atoms with Crippen molar-refractivity contribution in [2.75, 3.05) is 6.61 Å². The van der Waals surface area contributed by atoms with Crippen LogP contribution in [0.2, 0.25) is 0 Å². The van der Waals surface area contributed by atoms with Crippen LogP contribution >= 0.6 is 0 Å². The zero-order chi connectivity index (χ0) is 14.6. The van der Waals surface area contributed by atoms with Crippen LogP contribution in [0.5, 0.6) is 5.75 Å². The fourth-order valence-corrected chi connectivity index (χ4v) is 2.09. The Labute approximate surface area is 119 Å². The van der Waals surface area contributed by atoms with E-state index in [2.05, 4.69) is 17.1 Å². The molecule has 1 aromatic heterocycles. The summed E-state index contributed by atoms with van der Waals surface area (Å²) in [6.45, 7) is 6.56. The Hall–Kier alpha value is -1.88. The highest BCUT2D eigenvalue weighted by atomic mass is 16.5. The van der Waals surface area contributed by atoms with Crippen molar-refractivity contribution in [2.24, 2.45) is 5.73 Å². The third-order valence-corrected chi connectivity index (χ3v) is 3.09. The Morgan fingerprint density at radius 1 is 1.35 bits per heavy atom. The van der Waals surface area contributed by atoms with Crippen LogP contribution in [0.1, 0.15) is 39.5 Å². The van der Waals surface area contributed by atoms with Gasteiger partial charge in [0.25, 0.3) is 0 Å². The van der Waals surface area contributed by atoms with Crippen LogP contribution in [0.25, 0.3) is 11.4 Å². The molecule has 0 fully saturated rings. The summed E-state index contributed by atoms with van der Waals surface area (Å²) in [5.74, 6) is 1.80. The zero-order valence-corrected chi connectivity index (χ0v) is 12.2. The SMILES string of the molecule is CCCC(C)(N)c1nc(-c2cccc(OCC)c2)no1. The van der Waals surface area contributed by atoms with Crippen molar-refractivity contribution in [3.63, 3.8) is 0 Å². The second-order valence-corrected chi connectivity index (χ2v) is 5.05. The van der Waals surface area contributed by atoms with Crippen LogP contribution in [0.4, 0.5) is 0 Å². The summed E-state index contributed by atoms with van der Waals surface area (Å²) in [6.07, 6.45) is 1.76. The van der Waals surface area contributed by atoms with E-state index in [9.17, 15) is 0 Å². The van der Waals surface area contributed by atoms with Crippen LogP contribution < -0.4 is 10.5 Å². The molecule has 0 aliphatic carbocycles. The maximum atomic E-state index is 6.20. The molecule has 2 N–H and O–H groups in total. The molecule has 2 aromatic rings. The predicted molar refractivity (Wildman–Crippen MR) is 77.4 cm³/mol. The molecule has 0 aliphatic heterocycles. The van der Waals surface area contributed by atoms with Gasteiger partial charge in [-0.3, -0.25) is 0 Å². The van der Waals surface area contributed by atoms with Gasteiger partial charge in [-0.2, -0.15) is 4.98 Å². The molecule has 1 atom stereocenters. The van der Waals surface area contributed by atoms with Crippen molar-refractivity contribution >= 4 is 0 Å². The lowest BCUT2D eigenvalue weighted by Crippen LogP contribution is -2.33. The molecule has 1 aromatic carbocycles. The van der Waals surface area contributed by atoms with E-state index in [0.717, 1.165) is 24.2 Å². The Morgan fingerprint density at radius 3 is 2.85 bits per heavy atom. The van der Waals surface area contributed by atoms with Crippen LogP contribution in [-0.2, 0) is 5.54 Å². The van der Waals surface area contributed by atoms with E-state index in [4.69, 9.17) is 15.0 Å². The Bertz CT molecular complexity index is 564. The molecular weight excluding hydrogens is 254 g/mol. The van der Waals surface area contributed by atoms with Gasteiger partial charge in [-0.15, -0.1) is 0 Å². The highest BCUT2D eigenvalue weighted by Gasteiger charge is 2.27. The first kappa shape index (κ1) is 14.5. The summed E-state index contributed by atoms with van der Waals surface area (Å²) >= 11 is 0. The van der Waals surface area contributed by atoms with Crippen molar-refractivity contribution in [1.82, 2.24) is 10.1 Å². The van der Waals surface area contributed by atoms with Crippen molar-refractivity contribution in [1.29, 1.82) is 0 Å². The summed E-state index contributed by atoms with van der Waals surface area (Å²) in [7, 11) is 0. The Morgan fingerprint density at radius 2 is 2.15 bits per heavy atom. The number of ether oxygens (including phenoxy) is 1. The number of rotatable bonds is 6. The van der Waals surface area contributed by atoms with E-state index >= 15 is 0 Å². The second kappa shape index (κ2) is 6.05. The predicted octanol–water partition coefficient (Wildman–Crippen LogP) is 3.11. The molecule has 5 nitrogen and oxygen atoms in total. The first-order valence-corrected chi connectivity index (χ1v) is 6.93. The van der Waals surface area contributed by atoms with Crippen molar-refractivity contribution in [3.05, 3.63) is 30.2 Å². The van der Waals surface area contributed by atoms with E-state index in [-0.39, 0.29) is 0 Å². The van der Waals surface area contributed by atoms with Crippen molar-refractivity contribution in [3.8, 4) is 17.1 Å². The minimum Gasteiger partial charge on any atom is -0.494 e. The van der Waals surface area contributed by atoms with Crippen molar-refractivity contribution in [2.45, 2.75) is 39.2 Å². The smallest absolute Gasteiger partial charge is 0.246 e. The van der Waals surface area contributed by atoms with Crippen LogP contribution in [0, 0.1) is 0 Å². The zero-order valence-electron chi connectivity index (χ0n) is 12.2. The number of nitrogens with two attached hydrogens (primary N) is 1. The molecule has 0 amide bonds. The van der Waals surface area contributed by atoms with Gasteiger partial charge in [0.2, 0.25) is 11.7 Å². The van der Waals surface area contributed by atoms with Gasteiger partial charge >= 0.3 is 0 Å². The highest BCUT2D eigenvalue weighted by Crippen LogP contribution is 2.26. The summed E-state index contributed by atoms with van der Waals surface area (Å²) in [4.78, 5) is 4.41. The van der Waals surface area contributed by atoms with E-state index < -0.39 is 5.54 Å². The van der Waals surface area contributed by atoms with Gasteiger partial charge in [-0.25, -0.2) is 0 Å². The molecule has 5 heteroatoms. The largest absolute Gasteiger partial charge is 0.494 e. The molecule has 0 saturated heterocycles. The van der Waals surface area contributed by atoms with Crippen LogP contribution in [0.3, 0.4) is 0 Å². The first-order chi connectivity index (χ1) is 9.56. The van der Waals surface area contributed by atoms with Crippen LogP contribution in [-0.4, -0.2) is 16.7 Å². The fraction of sp³-hybridized carbons (Fsp3) is 0.467. The van der Waals surface area contributed by atoms with Crippen molar-refractivity contribution < 1.29 is 9.26 Å². The lowest BCUT2D eigenvalue weighted by molar-refractivity contribution is 0.284. The van der Waals surface area contributed by atoms with Gasteiger partial charge in [0.1, 0.15) is 5.75 Å². The highest BCUT2D eigenvalue weighted by molar-refractivity contribution is 5.56. The molecule has 108 valence electrons. The molecule has 1 heterocycles. The van der Waals surface area contributed by atoms with E-state index in [0.29, 0.717) is 18.3 Å². The Kier molecular flexibility index (Phi) is 4.39. The average Bonchev–Trinajstić information content (AvgIpc) is 2.90. The lowest BCUT2D eigenvalue weighted by Gasteiger charge is -2.18. The maximum Gasteiger partial charge on any atom is 0.246 e. The Balaban J connectivity index is 2.26. The van der Waals surface area contributed by atoms with Gasteiger partial charge in [0.05, 0.1) is 12.1 Å². The molecule has 0 radical (unpaired) electrons. The average molecular weight is 275 g/mol. The van der Waals surface area contributed by atoms with E-state index in [1.807, 2.05) is 38.1 Å². The molecule has 1 unspecified atom stereocenters. The normalized spacial score (nSPS) is 14.0. The number of hydrogen-bond acceptors (Lipinski definition) is 5. The molecule has 0 bridgehead atoms. The third-order valence-electron chi connectivity index (χ3n) is 3.09. The van der Waals surface area contributed by atoms with Gasteiger partial charge < -0.3 is 15.0 Å². The van der Waals surface area contributed by atoms with Gasteiger partial charge in [0.15, 0.2) is 0 Å². The molecule has 0 spiro atoms. The fourth-order valence-electron chi connectivity index (χ4n) is 2.09. The summed E-state index contributed by atoms with van der Waals surface area (Å²) in [6, 6.07) is 7.62. The monoisotopic (exact) mass is 275 g/mol. The van der Waals surface area contributed by atoms with Gasteiger partial charge in [0, 0.05) is 5.56 Å². The topological polar surface area (TPSA) is 74.2 Å². The number of aromatic nitrogens is 2. The molecule has 2 rings (SSSR count). The van der Waals surface area contributed by atoms with E-state index in [1.165, 1.54) is 0 Å². The molecular formula is C15H21N3O2. The molecule has 20 heavy (non-hydrogen) atoms. The minimum absolute atomic E-state index is 0.469. The van der Waals surface area contributed by atoms with Crippen LogP contribution in [0.15, 0.2) is 28.8 Å².